The number of carboxylic acids is 1. The van der Waals surface area contributed by atoms with Crippen molar-refractivity contribution in [1.82, 2.24) is 5.01 Å². The third-order valence-electron chi connectivity index (χ3n) is 4.79. The van der Waals surface area contributed by atoms with Crippen LogP contribution in [0.1, 0.15) is 26.2 Å². The van der Waals surface area contributed by atoms with Gasteiger partial charge in [-0.15, -0.1) is 0 Å². The summed E-state index contributed by atoms with van der Waals surface area (Å²) in [4.78, 5) is 23.4. The van der Waals surface area contributed by atoms with Crippen molar-refractivity contribution in [3.63, 3.8) is 0 Å². The van der Waals surface area contributed by atoms with Crippen molar-refractivity contribution >= 4 is 41.0 Å². The summed E-state index contributed by atoms with van der Waals surface area (Å²) in [6, 6.07) is 14.5. The quantitative estimate of drug-likeness (QED) is 0.247. The van der Waals surface area contributed by atoms with E-state index in [1.54, 1.807) is 25.1 Å². The molecule has 9 nitrogen and oxygen atoms in total. The van der Waals surface area contributed by atoms with Gasteiger partial charge in [0.1, 0.15) is 17.1 Å². The molecule has 0 radical (unpaired) electrons. The number of hydrazone groups is 2. The molecule has 166 valence electrons. The number of para-hydroxylation sites is 2. The molecule has 1 aromatic heterocycles. The van der Waals surface area contributed by atoms with Crippen LogP contribution in [0, 0.1) is 0 Å². The molecule has 3 N–H and O–H groups in total. The Labute approximate surface area is 184 Å². The highest BCUT2D eigenvalue weighted by Crippen LogP contribution is 2.38. The number of nitrogens with zero attached hydrogens (tertiary/aromatic N) is 3. The second-order valence-corrected chi connectivity index (χ2v) is 6.94. The van der Waals surface area contributed by atoms with E-state index in [9.17, 15) is 14.7 Å². The highest BCUT2D eigenvalue weighted by atomic mass is 16.4. The van der Waals surface area contributed by atoms with E-state index in [1.807, 2.05) is 30.3 Å². The largest absolute Gasteiger partial charge is 0.505 e. The molecule has 0 aliphatic heterocycles. The molecule has 0 aliphatic carbocycles. The molecule has 0 atom stereocenters. The first kappa shape index (κ1) is 22.5. The van der Waals surface area contributed by atoms with E-state index < -0.39 is 11.9 Å². The monoisotopic (exact) mass is 436 g/mol. The molecule has 0 spiro atoms. The smallest absolute Gasteiger partial charge is 0.303 e. The van der Waals surface area contributed by atoms with Gasteiger partial charge in [-0.3, -0.25) is 15.0 Å². The minimum Gasteiger partial charge on any atom is -0.505 e. The molecule has 3 aromatic rings. The van der Waals surface area contributed by atoms with Gasteiger partial charge in [0.25, 0.3) is 5.91 Å². The first-order valence-corrected chi connectivity index (χ1v) is 10.1. The number of hydrogen-bond acceptors (Lipinski definition) is 7. The minimum absolute atomic E-state index is 0.0710. The Kier molecular flexibility index (Phi) is 7.22. The molecule has 32 heavy (non-hydrogen) atoms. The van der Waals surface area contributed by atoms with Gasteiger partial charge >= 0.3 is 5.97 Å². The maximum atomic E-state index is 12.7. The molecule has 0 saturated heterocycles. The molecule has 9 heteroatoms. The molecule has 0 saturated carbocycles. The van der Waals surface area contributed by atoms with Crippen molar-refractivity contribution < 1.29 is 24.2 Å². The second-order valence-electron chi connectivity index (χ2n) is 6.94. The average Bonchev–Trinajstić information content (AvgIpc) is 3.21. The summed E-state index contributed by atoms with van der Waals surface area (Å²) >= 11 is 0. The number of rotatable bonds is 10. The first-order valence-electron chi connectivity index (χ1n) is 10.1. The van der Waals surface area contributed by atoms with Crippen molar-refractivity contribution in [3.8, 4) is 17.1 Å². The predicted octanol–water partition coefficient (Wildman–Crippen LogP) is 4.29. The zero-order chi connectivity index (χ0) is 23.1. The lowest BCUT2D eigenvalue weighted by atomic mass is 10.1. The van der Waals surface area contributed by atoms with Crippen LogP contribution in [0.5, 0.6) is 5.75 Å². The van der Waals surface area contributed by atoms with Crippen LogP contribution < -0.4 is 5.43 Å². The van der Waals surface area contributed by atoms with Gasteiger partial charge in [-0.2, -0.15) is 10.2 Å². The molecule has 0 bridgehead atoms. The molecule has 1 amide bonds. The minimum atomic E-state index is -0.952. The molecule has 2 aromatic carbocycles. The van der Waals surface area contributed by atoms with Crippen LogP contribution in [0.2, 0.25) is 0 Å². The second kappa shape index (κ2) is 10.3. The lowest BCUT2D eigenvalue weighted by molar-refractivity contribution is -0.137. The maximum absolute atomic E-state index is 12.7. The molecule has 3 rings (SSSR count). The fraction of sp³-hybridized carbons (Fsp3) is 0.217. The summed E-state index contributed by atoms with van der Waals surface area (Å²) < 4.78 is 5.83. The van der Waals surface area contributed by atoms with Crippen molar-refractivity contribution in [2.24, 2.45) is 10.2 Å². The number of fused-ring (bicyclic) bond motifs is 1. The van der Waals surface area contributed by atoms with Crippen LogP contribution in [-0.4, -0.2) is 46.1 Å². The van der Waals surface area contributed by atoms with Gasteiger partial charge in [-0.25, -0.2) is 5.01 Å². The van der Waals surface area contributed by atoms with Gasteiger partial charge in [0.05, 0.1) is 11.3 Å². The van der Waals surface area contributed by atoms with Crippen molar-refractivity contribution in [3.05, 3.63) is 48.5 Å². The van der Waals surface area contributed by atoms with Gasteiger partial charge in [0, 0.05) is 25.1 Å². The summed E-state index contributed by atoms with van der Waals surface area (Å²) in [7, 11) is 0. The lowest BCUT2D eigenvalue weighted by Gasteiger charge is -2.17. The SMILES string of the molecule is C=NN(CCCC(=O)O)C(=O)/C(CC)=N\Nc1cccc(-c2cc3ccccc3o2)c1O. The zero-order valence-electron chi connectivity index (χ0n) is 17.6. The van der Waals surface area contributed by atoms with Crippen molar-refractivity contribution in [2.75, 3.05) is 12.0 Å². The summed E-state index contributed by atoms with van der Waals surface area (Å²) in [5.74, 6) is -1.01. The summed E-state index contributed by atoms with van der Waals surface area (Å²) in [6.45, 7) is 5.24. The van der Waals surface area contributed by atoms with E-state index in [2.05, 4.69) is 22.3 Å². The number of carbonyl (C=O) groups excluding carboxylic acids is 1. The molecule has 0 fully saturated rings. The maximum Gasteiger partial charge on any atom is 0.303 e. The number of phenols is 1. The third kappa shape index (κ3) is 5.12. The number of anilines is 1. The topological polar surface area (TPSA) is 128 Å². The molecular formula is C23H24N4O5. The number of furan rings is 1. The number of benzene rings is 2. The van der Waals surface area contributed by atoms with Gasteiger partial charge in [0.15, 0.2) is 5.75 Å². The Balaban J connectivity index is 1.79. The zero-order valence-corrected chi connectivity index (χ0v) is 17.6. The Hall–Kier alpha value is -4.14. The Morgan fingerprint density at radius 3 is 2.66 bits per heavy atom. The number of nitrogens with one attached hydrogen (secondary N) is 1. The van der Waals surface area contributed by atoms with E-state index in [-0.39, 0.29) is 30.8 Å². The molecule has 0 aliphatic rings. The van der Waals surface area contributed by atoms with Crippen LogP contribution in [0.3, 0.4) is 0 Å². The number of aliphatic carboxylic acids is 1. The Bertz CT molecular complexity index is 1140. The number of carboxylic acid groups (broad SMARTS) is 1. The van der Waals surface area contributed by atoms with Crippen LogP contribution in [-0.2, 0) is 9.59 Å². The highest BCUT2D eigenvalue weighted by Gasteiger charge is 2.19. The van der Waals surface area contributed by atoms with Gasteiger partial charge in [-0.05, 0) is 37.1 Å². The predicted molar refractivity (Wildman–Crippen MR) is 123 cm³/mol. The van der Waals surface area contributed by atoms with E-state index in [1.165, 1.54) is 0 Å². The molecule has 1 heterocycles. The summed E-state index contributed by atoms with van der Waals surface area (Å²) in [5.41, 5.74) is 4.37. The number of hydrogen-bond donors (Lipinski definition) is 3. The summed E-state index contributed by atoms with van der Waals surface area (Å²) in [5, 5.41) is 29.3. The Morgan fingerprint density at radius 1 is 1.19 bits per heavy atom. The first-order chi connectivity index (χ1) is 15.4. The van der Waals surface area contributed by atoms with Crippen LogP contribution in [0.25, 0.3) is 22.3 Å². The Morgan fingerprint density at radius 2 is 1.97 bits per heavy atom. The third-order valence-corrected chi connectivity index (χ3v) is 4.79. The van der Waals surface area contributed by atoms with Gasteiger partial charge < -0.3 is 14.6 Å². The lowest BCUT2D eigenvalue weighted by Crippen LogP contribution is -2.33. The number of amides is 1. The van der Waals surface area contributed by atoms with E-state index in [4.69, 9.17) is 9.52 Å². The van der Waals surface area contributed by atoms with Crippen LogP contribution in [0.15, 0.2) is 63.2 Å². The molecule has 0 unspecified atom stereocenters. The number of phenolic OH excluding ortho intramolecular Hbond substituents is 1. The van der Waals surface area contributed by atoms with Crippen LogP contribution >= 0.6 is 0 Å². The number of carbonyl (C=O) groups is 2. The van der Waals surface area contributed by atoms with Gasteiger partial charge in [-0.1, -0.05) is 31.2 Å². The average molecular weight is 436 g/mol. The van der Waals surface area contributed by atoms with Crippen LogP contribution in [0.4, 0.5) is 5.69 Å². The van der Waals surface area contributed by atoms with E-state index >= 15 is 0 Å². The summed E-state index contributed by atoms with van der Waals surface area (Å²) in [6.07, 6.45) is 0.449. The van der Waals surface area contributed by atoms with Crippen molar-refractivity contribution in [1.29, 1.82) is 0 Å². The van der Waals surface area contributed by atoms with E-state index in [0.717, 1.165) is 10.4 Å². The van der Waals surface area contributed by atoms with E-state index in [0.29, 0.717) is 29.0 Å². The normalized spacial score (nSPS) is 11.3. The fourth-order valence-electron chi connectivity index (χ4n) is 3.12. The molecular weight excluding hydrogens is 412 g/mol. The van der Waals surface area contributed by atoms with Crippen molar-refractivity contribution in [2.45, 2.75) is 26.2 Å². The number of aromatic hydroxyl groups is 1. The standard InChI is InChI=1S/C23H24N4O5/c1-3-17(23(31)27(24-2)13-7-12-21(28)29)25-26-18-10-6-9-16(22(18)30)20-14-15-8-4-5-11-19(15)32-20/h4-6,8-11,14,26,30H,2-3,7,12-13H2,1H3,(H,28,29)/b25-17-. The van der Waals surface area contributed by atoms with Gasteiger partial charge in [0.2, 0.25) is 0 Å². The fourth-order valence-corrected chi connectivity index (χ4v) is 3.12. The highest BCUT2D eigenvalue weighted by molar-refractivity contribution is 6.38.